The van der Waals surface area contributed by atoms with Crippen molar-refractivity contribution < 1.29 is 13.9 Å². The van der Waals surface area contributed by atoms with Gasteiger partial charge in [0.25, 0.3) is 0 Å². The van der Waals surface area contributed by atoms with Crippen LogP contribution in [0.3, 0.4) is 0 Å². The van der Waals surface area contributed by atoms with Gasteiger partial charge in [-0.25, -0.2) is 4.39 Å². The minimum absolute atomic E-state index is 0.0680. The number of likely N-dealkylation sites (N-methyl/N-ethyl adjacent to an activating group) is 1. The average Bonchev–Trinajstić information content (AvgIpc) is 2.42. The Morgan fingerprint density at radius 1 is 1.32 bits per heavy atom. The zero-order valence-electron chi connectivity index (χ0n) is 11.9. The summed E-state index contributed by atoms with van der Waals surface area (Å²) in [6.45, 7) is 4.78. The van der Waals surface area contributed by atoms with Gasteiger partial charge in [0.2, 0.25) is 5.91 Å². The fourth-order valence-electron chi connectivity index (χ4n) is 1.91. The summed E-state index contributed by atoms with van der Waals surface area (Å²) < 4.78 is 18.6. The third-order valence-electron chi connectivity index (χ3n) is 3.23. The molecule has 0 spiro atoms. The Balaban J connectivity index is 2.41. The molecule has 0 heterocycles. The molecule has 0 unspecified atom stereocenters. The van der Waals surface area contributed by atoms with Gasteiger partial charge in [-0.15, -0.1) is 0 Å². The highest BCUT2D eigenvalue weighted by Gasteiger charge is 2.18. The van der Waals surface area contributed by atoms with Gasteiger partial charge in [0.05, 0.1) is 6.54 Å². The molecule has 0 bridgehead atoms. The minimum Gasteiger partial charge on any atom is -0.489 e. The zero-order valence-corrected chi connectivity index (χ0v) is 11.9. The predicted molar refractivity (Wildman–Crippen MR) is 73.6 cm³/mol. The highest BCUT2D eigenvalue weighted by atomic mass is 19.1. The summed E-state index contributed by atoms with van der Waals surface area (Å²) in [6, 6.07) is 6.27. The molecule has 0 aliphatic carbocycles. The van der Waals surface area contributed by atoms with Crippen molar-refractivity contribution in [1.82, 2.24) is 4.90 Å². The van der Waals surface area contributed by atoms with E-state index < -0.39 is 0 Å². The van der Waals surface area contributed by atoms with Crippen LogP contribution in [0.1, 0.15) is 26.7 Å². The topological polar surface area (TPSA) is 29.5 Å². The van der Waals surface area contributed by atoms with E-state index in [0.29, 0.717) is 13.2 Å². The number of halogens is 1. The lowest BCUT2D eigenvalue weighted by Gasteiger charge is -2.22. The summed E-state index contributed by atoms with van der Waals surface area (Å²) in [5, 5.41) is 0. The van der Waals surface area contributed by atoms with Crippen molar-refractivity contribution in [2.24, 2.45) is 5.92 Å². The number of nitrogens with zero attached hydrogens (tertiary/aromatic N) is 1. The van der Waals surface area contributed by atoms with Gasteiger partial charge in [-0.2, -0.15) is 0 Å². The lowest BCUT2D eigenvalue weighted by molar-refractivity contribution is -0.134. The third kappa shape index (κ3) is 4.54. The van der Waals surface area contributed by atoms with Crippen LogP contribution in [0.4, 0.5) is 4.39 Å². The number of ether oxygens (including phenoxy) is 1. The summed E-state index contributed by atoms with van der Waals surface area (Å²) in [7, 11) is 1.76. The molecule has 1 amide bonds. The van der Waals surface area contributed by atoms with Gasteiger partial charge in [-0.1, -0.05) is 26.0 Å². The first-order chi connectivity index (χ1) is 9.10. The Labute approximate surface area is 114 Å². The number of carbonyl (C=O) groups is 1. The lowest BCUT2D eigenvalue weighted by Crippen LogP contribution is -2.35. The number of hydrogen-bond acceptors (Lipinski definition) is 2. The van der Waals surface area contributed by atoms with Gasteiger partial charge in [0, 0.05) is 13.0 Å². The van der Waals surface area contributed by atoms with Gasteiger partial charge in [0.1, 0.15) is 6.61 Å². The molecule has 1 rings (SSSR count). The van der Waals surface area contributed by atoms with Crippen molar-refractivity contribution in [3.8, 4) is 5.75 Å². The molecule has 0 aliphatic rings. The molecule has 3 nitrogen and oxygen atoms in total. The molecule has 0 aliphatic heterocycles. The van der Waals surface area contributed by atoms with E-state index in [1.807, 2.05) is 13.8 Å². The second-order valence-electron chi connectivity index (χ2n) is 4.55. The molecular weight excluding hydrogens is 245 g/mol. The van der Waals surface area contributed by atoms with Crippen molar-refractivity contribution in [3.63, 3.8) is 0 Å². The quantitative estimate of drug-likeness (QED) is 0.759. The van der Waals surface area contributed by atoms with E-state index in [9.17, 15) is 9.18 Å². The van der Waals surface area contributed by atoms with Crippen molar-refractivity contribution in [2.45, 2.75) is 26.7 Å². The molecule has 4 heteroatoms. The van der Waals surface area contributed by atoms with E-state index in [-0.39, 0.29) is 23.4 Å². The van der Waals surface area contributed by atoms with Crippen LogP contribution in [0.15, 0.2) is 24.3 Å². The van der Waals surface area contributed by atoms with Crippen LogP contribution in [-0.4, -0.2) is 31.0 Å². The smallest absolute Gasteiger partial charge is 0.225 e. The molecule has 0 saturated carbocycles. The summed E-state index contributed by atoms with van der Waals surface area (Å²) in [5.74, 6) is 0.0444. The van der Waals surface area contributed by atoms with Crippen LogP contribution in [0.25, 0.3) is 0 Å². The Bertz CT molecular complexity index is 405. The highest BCUT2D eigenvalue weighted by molar-refractivity contribution is 5.78. The zero-order chi connectivity index (χ0) is 14.3. The third-order valence-corrected chi connectivity index (χ3v) is 3.23. The average molecular weight is 267 g/mol. The van der Waals surface area contributed by atoms with Gasteiger partial charge >= 0.3 is 0 Å². The van der Waals surface area contributed by atoms with Crippen LogP contribution in [0.2, 0.25) is 0 Å². The van der Waals surface area contributed by atoms with E-state index >= 15 is 0 Å². The van der Waals surface area contributed by atoms with Crippen LogP contribution >= 0.6 is 0 Å². The summed E-state index contributed by atoms with van der Waals surface area (Å²) in [4.78, 5) is 13.7. The van der Waals surface area contributed by atoms with Gasteiger partial charge < -0.3 is 9.64 Å². The molecule has 0 aromatic heterocycles. The number of amides is 1. The van der Waals surface area contributed by atoms with Gasteiger partial charge in [-0.05, 0) is 25.0 Å². The number of para-hydroxylation sites is 1. The molecule has 0 saturated heterocycles. The number of carbonyl (C=O) groups excluding carboxylic acids is 1. The molecule has 106 valence electrons. The van der Waals surface area contributed by atoms with E-state index in [0.717, 1.165) is 12.8 Å². The summed E-state index contributed by atoms with van der Waals surface area (Å²) >= 11 is 0. The lowest BCUT2D eigenvalue weighted by atomic mass is 10.0. The van der Waals surface area contributed by atoms with E-state index in [2.05, 4.69) is 0 Å². The largest absolute Gasteiger partial charge is 0.489 e. The number of benzene rings is 1. The first-order valence-corrected chi connectivity index (χ1v) is 6.72. The van der Waals surface area contributed by atoms with Crippen molar-refractivity contribution in [3.05, 3.63) is 30.1 Å². The molecule has 0 atom stereocenters. The van der Waals surface area contributed by atoms with E-state index in [1.165, 1.54) is 6.07 Å². The Kier molecular flexibility index (Phi) is 6.33. The van der Waals surface area contributed by atoms with Gasteiger partial charge in [0.15, 0.2) is 11.6 Å². The SMILES string of the molecule is CCC(CC)C(=O)N(C)CCOc1ccccc1F. The van der Waals surface area contributed by atoms with Crippen LogP contribution in [0.5, 0.6) is 5.75 Å². The summed E-state index contributed by atoms with van der Waals surface area (Å²) in [6.07, 6.45) is 1.68. The monoisotopic (exact) mass is 267 g/mol. The maximum Gasteiger partial charge on any atom is 0.225 e. The van der Waals surface area contributed by atoms with Crippen molar-refractivity contribution in [2.75, 3.05) is 20.2 Å². The Hall–Kier alpha value is -1.58. The minimum atomic E-state index is -0.378. The first kappa shape index (κ1) is 15.5. The molecule has 1 aromatic rings. The fourth-order valence-corrected chi connectivity index (χ4v) is 1.91. The Morgan fingerprint density at radius 3 is 2.53 bits per heavy atom. The number of rotatable bonds is 7. The van der Waals surface area contributed by atoms with E-state index in [4.69, 9.17) is 4.74 Å². The maximum atomic E-state index is 13.3. The van der Waals surface area contributed by atoms with Crippen molar-refractivity contribution >= 4 is 5.91 Å². The molecule has 0 N–H and O–H groups in total. The normalized spacial score (nSPS) is 10.6. The maximum absolute atomic E-state index is 13.3. The van der Waals surface area contributed by atoms with Crippen LogP contribution < -0.4 is 4.74 Å². The van der Waals surface area contributed by atoms with Gasteiger partial charge in [-0.3, -0.25) is 4.79 Å². The predicted octanol–water partition coefficient (Wildman–Crippen LogP) is 3.10. The molecule has 0 radical (unpaired) electrons. The fraction of sp³-hybridized carbons (Fsp3) is 0.533. The standard InChI is InChI=1S/C15H22FNO2/c1-4-12(5-2)15(18)17(3)10-11-19-14-9-7-6-8-13(14)16/h6-9,12H,4-5,10-11H2,1-3H3. The number of hydrogen-bond donors (Lipinski definition) is 0. The second kappa shape index (κ2) is 7.77. The second-order valence-corrected chi connectivity index (χ2v) is 4.55. The molecule has 19 heavy (non-hydrogen) atoms. The van der Waals surface area contributed by atoms with Crippen LogP contribution in [0, 0.1) is 11.7 Å². The molecular formula is C15H22FNO2. The first-order valence-electron chi connectivity index (χ1n) is 6.72. The van der Waals surface area contributed by atoms with Crippen molar-refractivity contribution in [1.29, 1.82) is 0 Å². The highest BCUT2D eigenvalue weighted by Crippen LogP contribution is 2.15. The summed E-state index contributed by atoms with van der Waals surface area (Å²) in [5.41, 5.74) is 0. The Morgan fingerprint density at radius 2 is 1.95 bits per heavy atom. The molecule has 0 fully saturated rings. The van der Waals surface area contributed by atoms with Crippen LogP contribution in [-0.2, 0) is 4.79 Å². The molecule has 1 aromatic carbocycles. The van der Waals surface area contributed by atoms with E-state index in [1.54, 1.807) is 30.1 Å².